The number of ether oxygens (including phenoxy) is 4. The van der Waals surface area contributed by atoms with Crippen molar-refractivity contribution >= 4 is 43.1 Å². The van der Waals surface area contributed by atoms with Gasteiger partial charge in [-0.05, 0) is 91.6 Å². The number of hydrogen-bond acceptors (Lipinski definition) is 5. The lowest BCUT2D eigenvalue weighted by molar-refractivity contribution is -0.268. The largest absolute Gasteiger partial charge is 0.872 e. The topological polar surface area (TPSA) is 60.0 Å². The standard InChI is InChI=1S/C29H28O5/c1-31-6-7-32-8-9-33-10-11-34-29-5-3-21-13-23-14-24-16-26-18-28(30)4-2-20(26)12-22(24)15-25(23)17-27(21)19-29/h2-5,12-19,30H,6-11H2,1H3/p-1. The maximum absolute atomic E-state index is 11.7. The SMILES string of the molecule is COCCOCCOCCOc1ccc2cc3cc4cc5cc([O-])ccc5cc4cc3cc2c1. The van der Waals surface area contributed by atoms with Crippen molar-refractivity contribution in [3.05, 3.63) is 72.8 Å². The quantitative estimate of drug-likeness (QED) is 0.208. The highest BCUT2D eigenvalue weighted by molar-refractivity contribution is 6.08. The molecule has 34 heavy (non-hydrogen) atoms. The highest BCUT2D eigenvalue weighted by atomic mass is 16.6. The fraction of sp³-hybridized carbons (Fsp3) is 0.241. The molecule has 0 spiro atoms. The van der Waals surface area contributed by atoms with Gasteiger partial charge in [-0.15, -0.1) is 5.75 Å². The summed E-state index contributed by atoms with van der Waals surface area (Å²) in [6.45, 7) is 3.26. The summed E-state index contributed by atoms with van der Waals surface area (Å²) in [5.74, 6) is 0.863. The van der Waals surface area contributed by atoms with Crippen LogP contribution in [0.25, 0.3) is 43.1 Å². The summed E-state index contributed by atoms with van der Waals surface area (Å²) in [5, 5.41) is 20.7. The molecule has 0 fully saturated rings. The van der Waals surface area contributed by atoms with E-state index in [-0.39, 0.29) is 5.75 Å². The Morgan fingerprint density at radius 3 is 1.59 bits per heavy atom. The van der Waals surface area contributed by atoms with E-state index in [1.54, 1.807) is 19.2 Å². The average Bonchev–Trinajstić information content (AvgIpc) is 2.84. The van der Waals surface area contributed by atoms with Crippen molar-refractivity contribution in [1.29, 1.82) is 0 Å². The van der Waals surface area contributed by atoms with Crippen LogP contribution in [0.4, 0.5) is 0 Å². The average molecular weight is 456 g/mol. The first-order chi connectivity index (χ1) is 16.7. The van der Waals surface area contributed by atoms with Gasteiger partial charge in [0.2, 0.25) is 0 Å². The molecule has 0 heterocycles. The molecule has 0 bridgehead atoms. The van der Waals surface area contributed by atoms with Crippen molar-refractivity contribution in [3.8, 4) is 11.5 Å². The van der Waals surface area contributed by atoms with Gasteiger partial charge < -0.3 is 24.1 Å². The molecule has 0 radical (unpaired) electrons. The first-order valence-electron chi connectivity index (χ1n) is 11.5. The van der Waals surface area contributed by atoms with Crippen LogP contribution in [0, 0.1) is 0 Å². The fourth-order valence-corrected chi connectivity index (χ4v) is 4.23. The molecular weight excluding hydrogens is 428 g/mol. The fourth-order valence-electron chi connectivity index (χ4n) is 4.23. The summed E-state index contributed by atoms with van der Waals surface area (Å²) in [6, 6.07) is 24.4. The van der Waals surface area contributed by atoms with Crippen molar-refractivity contribution in [3.63, 3.8) is 0 Å². The number of fused-ring (bicyclic) bond motifs is 4. The first kappa shape index (κ1) is 22.4. The summed E-state index contributed by atoms with van der Waals surface area (Å²) in [6.07, 6.45) is 0. The lowest BCUT2D eigenvalue weighted by atomic mass is 9.97. The Balaban J connectivity index is 1.30. The van der Waals surface area contributed by atoms with E-state index in [0.717, 1.165) is 38.1 Å². The molecular formula is C29H27O5-. The number of rotatable bonds is 10. The van der Waals surface area contributed by atoms with Crippen LogP contribution >= 0.6 is 0 Å². The highest BCUT2D eigenvalue weighted by Gasteiger charge is 2.05. The van der Waals surface area contributed by atoms with E-state index in [1.807, 2.05) is 12.1 Å². The molecule has 0 aromatic heterocycles. The smallest absolute Gasteiger partial charge is 0.120 e. The molecule has 0 amide bonds. The zero-order valence-electron chi connectivity index (χ0n) is 19.2. The first-order valence-corrected chi connectivity index (χ1v) is 11.5. The molecule has 5 rings (SSSR count). The van der Waals surface area contributed by atoms with E-state index in [0.29, 0.717) is 39.6 Å². The molecule has 0 N–H and O–H groups in total. The minimum atomic E-state index is 0.0372. The van der Waals surface area contributed by atoms with E-state index in [1.165, 1.54) is 10.8 Å². The summed E-state index contributed by atoms with van der Waals surface area (Å²) in [5.41, 5.74) is 0. The molecule has 5 aromatic carbocycles. The second kappa shape index (κ2) is 10.3. The van der Waals surface area contributed by atoms with Crippen LogP contribution in [0.1, 0.15) is 0 Å². The third kappa shape index (κ3) is 5.07. The third-order valence-corrected chi connectivity index (χ3v) is 5.95. The maximum Gasteiger partial charge on any atom is 0.120 e. The molecule has 0 aliphatic rings. The number of benzene rings is 5. The summed E-state index contributed by atoms with van der Waals surface area (Å²) in [7, 11) is 1.65. The third-order valence-electron chi connectivity index (χ3n) is 5.95. The van der Waals surface area contributed by atoms with Crippen LogP contribution in [0.3, 0.4) is 0 Å². The van der Waals surface area contributed by atoms with E-state index < -0.39 is 0 Å². The Morgan fingerprint density at radius 1 is 0.500 bits per heavy atom. The molecule has 0 atom stereocenters. The van der Waals surface area contributed by atoms with Gasteiger partial charge in [-0.1, -0.05) is 24.3 Å². The van der Waals surface area contributed by atoms with Crippen LogP contribution in [0.2, 0.25) is 0 Å². The van der Waals surface area contributed by atoms with Crippen molar-refractivity contribution in [2.45, 2.75) is 0 Å². The van der Waals surface area contributed by atoms with Gasteiger partial charge >= 0.3 is 0 Å². The Morgan fingerprint density at radius 2 is 0.971 bits per heavy atom. The number of hydrogen-bond donors (Lipinski definition) is 0. The van der Waals surface area contributed by atoms with E-state index in [9.17, 15) is 5.11 Å². The number of methoxy groups -OCH3 is 1. The summed E-state index contributed by atoms with van der Waals surface area (Å²) in [4.78, 5) is 0. The molecule has 5 aromatic rings. The molecule has 0 saturated carbocycles. The molecule has 0 aliphatic carbocycles. The van der Waals surface area contributed by atoms with Gasteiger partial charge in [0.05, 0.1) is 33.0 Å². The predicted octanol–water partition coefficient (Wildman–Crippen LogP) is 5.43. The molecule has 0 saturated heterocycles. The van der Waals surface area contributed by atoms with Gasteiger partial charge in [-0.2, -0.15) is 0 Å². The predicted molar refractivity (Wildman–Crippen MR) is 135 cm³/mol. The van der Waals surface area contributed by atoms with E-state index in [2.05, 4.69) is 48.5 Å². The second-order valence-corrected chi connectivity index (χ2v) is 8.33. The van der Waals surface area contributed by atoms with Crippen LogP contribution in [0.5, 0.6) is 11.5 Å². The zero-order chi connectivity index (χ0) is 23.3. The van der Waals surface area contributed by atoms with Gasteiger partial charge in [-0.3, -0.25) is 0 Å². The van der Waals surface area contributed by atoms with Crippen molar-refractivity contribution < 1.29 is 24.1 Å². The highest BCUT2D eigenvalue weighted by Crippen LogP contribution is 2.32. The maximum atomic E-state index is 11.7. The minimum Gasteiger partial charge on any atom is -0.872 e. The Bertz CT molecular complexity index is 1440. The van der Waals surface area contributed by atoms with Crippen LogP contribution in [0.15, 0.2) is 72.8 Å². The lowest BCUT2D eigenvalue weighted by Crippen LogP contribution is -2.12. The molecule has 174 valence electrons. The van der Waals surface area contributed by atoms with Gasteiger partial charge in [0.1, 0.15) is 12.4 Å². The van der Waals surface area contributed by atoms with Crippen molar-refractivity contribution in [2.24, 2.45) is 0 Å². The van der Waals surface area contributed by atoms with Crippen molar-refractivity contribution in [1.82, 2.24) is 0 Å². The monoisotopic (exact) mass is 455 g/mol. The van der Waals surface area contributed by atoms with Crippen LogP contribution in [-0.2, 0) is 14.2 Å². The molecule has 0 unspecified atom stereocenters. The normalized spacial score (nSPS) is 11.7. The van der Waals surface area contributed by atoms with Crippen LogP contribution < -0.4 is 9.84 Å². The summed E-state index contributed by atoms with van der Waals surface area (Å²) >= 11 is 0. The zero-order valence-corrected chi connectivity index (χ0v) is 19.2. The second-order valence-electron chi connectivity index (χ2n) is 8.33. The Hall–Kier alpha value is -3.38. The lowest BCUT2D eigenvalue weighted by Gasteiger charge is -2.11. The van der Waals surface area contributed by atoms with Crippen molar-refractivity contribution in [2.75, 3.05) is 46.8 Å². The van der Waals surface area contributed by atoms with Gasteiger partial charge in [0.15, 0.2) is 0 Å². The van der Waals surface area contributed by atoms with Gasteiger partial charge in [0.25, 0.3) is 0 Å². The van der Waals surface area contributed by atoms with E-state index >= 15 is 0 Å². The molecule has 5 heteroatoms. The van der Waals surface area contributed by atoms with Crippen LogP contribution in [-0.4, -0.2) is 46.8 Å². The minimum absolute atomic E-state index is 0.0372. The van der Waals surface area contributed by atoms with E-state index in [4.69, 9.17) is 18.9 Å². The summed E-state index contributed by atoms with van der Waals surface area (Å²) < 4.78 is 21.7. The molecule has 0 aliphatic heterocycles. The Kier molecular flexibility index (Phi) is 6.77. The van der Waals surface area contributed by atoms with Gasteiger partial charge in [-0.25, -0.2) is 0 Å². The van der Waals surface area contributed by atoms with Gasteiger partial charge in [0, 0.05) is 7.11 Å². The Labute approximate surface area is 198 Å². The molecule has 5 nitrogen and oxygen atoms in total.